The van der Waals surface area contributed by atoms with Gasteiger partial charge in [0.25, 0.3) is 0 Å². The van der Waals surface area contributed by atoms with Gasteiger partial charge in [-0.2, -0.15) is 0 Å². The molecule has 1 saturated heterocycles. The Kier molecular flexibility index (Phi) is 2.18. The fourth-order valence-electron chi connectivity index (χ4n) is 1.32. The van der Waals surface area contributed by atoms with Crippen LogP contribution < -0.4 is 5.32 Å². The Morgan fingerprint density at radius 1 is 1.43 bits per heavy atom. The number of aromatic nitrogens is 2. The number of urea groups is 1. The van der Waals surface area contributed by atoms with E-state index in [1.165, 1.54) is 4.90 Å². The molecule has 0 bridgehead atoms. The highest BCUT2D eigenvalue weighted by Gasteiger charge is 2.25. The predicted molar refractivity (Wildman–Crippen MR) is 47.3 cm³/mol. The fourth-order valence-corrected chi connectivity index (χ4v) is 1.32. The molecule has 14 heavy (non-hydrogen) atoms. The molecule has 0 aliphatic carbocycles. The van der Waals surface area contributed by atoms with Crippen LogP contribution in [-0.2, 0) is 11.3 Å². The zero-order valence-corrected chi connectivity index (χ0v) is 7.51. The van der Waals surface area contributed by atoms with E-state index in [1.54, 1.807) is 12.5 Å². The van der Waals surface area contributed by atoms with E-state index in [-0.39, 0.29) is 18.5 Å². The van der Waals surface area contributed by atoms with Crippen molar-refractivity contribution in [3.05, 3.63) is 18.7 Å². The van der Waals surface area contributed by atoms with Crippen molar-refractivity contribution in [3.8, 4) is 0 Å². The second-order valence-electron chi connectivity index (χ2n) is 3.08. The number of nitrogens with one attached hydrogen (secondary N) is 1. The van der Waals surface area contributed by atoms with Crippen LogP contribution in [-0.4, -0.2) is 39.5 Å². The molecular formula is C8H10N4O2. The molecule has 1 aromatic heterocycles. The van der Waals surface area contributed by atoms with Crippen LogP contribution in [0.25, 0.3) is 0 Å². The maximum atomic E-state index is 11.1. The van der Waals surface area contributed by atoms with Crippen molar-refractivity contribution in [1.82, 2.24) is 19.8 Å². The number of carbonyl (C=O) groups excluding carboxylic acids is 2. The van der Waals surface area contributed by atoms with Gasteiger partial charge in [-0.1, -0.05) is 0 Å². The second-order valence-corrected chi connectivity index (χ2v) is 3.08. The van der Waals surface area contributed by atoms with Gasteiger partial charge in [0.2, 0.25) is 5.91 Å². The summed E-state index contributed by atoms with van der Waals surface area (Å²) in [6.07, 6.45) is 5.17. The summed E-state index contributed by atoms with van der Waals surface area (Å²) in [4.78, 5) is 27.3. The Balaban J connectivity index is 1.87. The van der Waals surface area contributed by atoms with Crippen molar-refractivity contribution in [3.63, 3.8) is 0 Å². The highest BCUT2D eigenvalue weighted by molar-refractivity contribution is 6.01. The monoisotopic (exact) mass is 194 g/mol. The number of amides is 3. The lowest BCUT2D eigenvalue weighted by Crippen LogP contribution is -2.30. The molecule has 2 heterocycles. The molecule has 1 aliphatic rings. The van der Waals surface area contributed by atoms with Crippen molar-refractivity contribution < 1.29 is 9.59 Å². The zero-order valence-electron chi connectivity index (χ0n) is 7.51. The predicted octanol–water partition coefficient (Wildman–Crippen LogP) is -0.565. The first-order valence-corrected chi connectivity index (χ1v) is 4.30. The van der Waals surface area contributed by atoms with Gasteiger partial charge in [-0.3, -0.25) is 10.1 Å². The van der Waals surface area contributed by atoms with E-state index < -0.39 is 0 Å². The molecule has 1 aliphatic heterocycles. The highest BCUT2D eigenvalue weighted by Crippen LogP contribution is 1.98. The molecule has 74 valence electrons. The molecular weight excluding hydrogens is 184 g/mol. The molecule has 6 nitrogen and oxygen atoms in total. The molecule has 1 N–H and O–H groups in total. The summed E-state index contributed by atoms with van der Waals surface area (Å²) in [6.45, 7) is 1.34. The first kappa shape index (κ1) is 8.74. The van der Waals surface area contributed by atoms with Crippen LogP contribution in [0.15, 0.2) is 18.7 Å². The van der Waals surface area contributed by atoms with Crippen LogP contribution in [0.4, 0.5) is 4.79 Å². The van der Waals surface area contributed by atoms with E-state index in [0.29, 0.717) is 13.1 Å². The number of imidazole rings is 1. The molecule has 0 atom stereocenters. The maximum absolute atomic E-state index is 11.1. The van der Waals surface area contributed by atoms with Gasteiger partial charge in [-0.05, 0) is 0 Å². The van der Waals surface area contributed by atoms with Crippen LogP contribution >= 0.6 is 0 Å². The topological polar surface area (TPSA) is 67.2 Å². The van der Waals surface area contributed by atoms with Crippen molar-refractivity contribution in [2.45, 2.75) is 6.54 Å². The van der Waals surface area contributed by atoms with E-state index >= 15 is 0 Å². The van der Waals surface area contributed by atoms with Gasteiger partial charge >= 0.3 is 6.03 Å². The van der Waals surface area contributed by atoms with Crippen LogP contribution in [0.1, 0.15) is 0 Å². The molecule has 1 fully saturated rings. The van der Waals surface area contributed by atoms with E-state index in [4.69, 9.17) is 0 Å². The van der Waals surface area contributed by atoms with Crippen LogP contribution in [0, 0.1) is 0 Å². The Morgan fingerprint density at radius 2 is 2.29 bits per heavy atom. The number of nitrogens with zero attached hydrogens (tertiary/aromatic N) is 3. The Labute approximate surface area is 80.5 Å². The van der Waals surface area contributed by atoms with E-state index in [1.807, 2.05) is 10.8 Å². The van der Waals surface area contributed by atoms with Gasteiger partial charge in [0, 0.05) is 25.5 Å². The molecule has 6 heteroatoms. The van der Waals surface area contributed by atoms with E-state index in [0.717, 1.165) is 0 Å². The van der Waals surface area contributed by atoms with Gasteiger partial charge in [0.15, 0.2) is 0 Å². The molecule has 0 saturated carbocycles. The third-order valence-corrected chi connectivity index (χ3v) is 2.06. The summed E-state index contributed by atoms with van der Waals surface area (Å²) in [5, 5.41) is 2.22. The minimum absolute atomic E-state index is 0.160. The highest BCUT2D eigenvalue weighted by atomic mass is 16.2. The van der Waals surface area contributed by atoms with Gasteiger partial charge in [-0.25, -0.2) is 9.78 Å². The van der Waals surface area contributed by atoms with Crippen LogP contribution in [0.2, 0.25) is 0 Å². The standard InChI is InChI=1S/C8H10N4O2/c13-7-5-12(8(14)10-7)4-3-11-2-1-9-6-11/h1-2,6H,3-5H2,(H,10,13,14). The molecule has 0 unspecified atom stereocenters. The van der Waals surface area contributed by atoms with Gasteiger partial charge in [-0.15, -0.1) is 0 Å². The fraction of sp³-hybridized carbons (Fsp3) is 0.375. The first-order valence-electron chi connectivity index (χ1n) is 4.30. The van der Waals surface area contributed by atoms with Crippen molar-refractivity contribution in [1.29, 1.82) is 0 Å². The third kappa shape index (κ3) is 1.73. The SMILES string of the molecule is O=C1CN(CCn2ccnc2)C(=O)N1. The van der Waals surface area contributed by atoms with Crippen LogP contribution in [0.5, 0.6) is 0 Å². The molecule has 3 amide bonds. The van der Waals surface area contributed by atoms with Crippen molar-refractivity contribution in [2.75, 3.05) is 13.1 Å². The summed E-state index contributed by atoms with van der Waals surface area (Å²) in [6, 6.07) is -0.310. The third-order valence-electron chi connectivity index (χ3n) is 2.06. The Morgan fingerprint density at radius 3 is 2.86 bits per heavy atom. The lowest BCUT2D eigenvalue weighted by Gasteiger charge is -2.12. The average molecular weight is 194 g/mol. The summed E-state index contributed by atoms with van der Waals surface area (Å²) in [5.41, 5.74) is 0. The van der Waals surface area contributed by atoms with E-state index in [9.17, 15) is 9.59 Å². The summed E-state index contributed by atoms with van der Waals surface area (Å²) < 4.78 is 1.86. The van der Waals surface area contributed by atoms with Crippen molar-refractivity contribution in [2.24, 2.45) is 0 Å². The lowest BCUT2D eigenvalue weighted by molar-refractivity contribution is -0.118. The first-order chi connectivity index (χ1) is 6.75. The minimum Gasteiger partial charge on any atom is -0.336 e. The number of imide groups is 1. The Bertz CT molecular complexity index is 346. The number of rotatable bonds is 3. The second kappa shape index (κ2) is 3.49. The number of hydrogen-bond acceptors (Lipinski definition) is 3. The van der Waals surface area contributed by atoms with Crippen LogP contribution in [0.3, 0.4) is 0 Å². The van der Waals surface area contributed by atoms with Gasteiger partial charge in [0.05, 0.1) is 6.33 Å². The molecule has 0 radical (unpaired) electrons. The average Bonchev–Trinajstić information content (AvgIpc) is 2.72. The summed E-state index contributed by atoms with van der Waals surface area (Å²) in [7, 11) is 0. The minimum atomic E-state index is -0.310. The maximum Gasteiger partial charge on any atom is 0.324 e. The van der Waals surface area contributed by atoms with Gasteiger partial charge in [0.1, 0.15) is 6.54 Å². The van der Waals surface area contributed by atoms with Crippen molar-refractivity contribution >= 4 is 11.9 Å². The summed E-state index contributed by atoms with van der Waals surface area (Å²) >= 11 is 0. The van der Waals surface area contributed by atoms with Gasteiger partial charge < -0.3 is 9.47 Å². The number of carbonyl (C=O) groups is 2. The van der Waals surface area contributed by atoms with E-state index in [2.05, 4.69) is 10.3 Å². The Hall–Kier alpha value is -1.85. The zero-order chi connectivity index (χ0) is 9.97. The quantitative estimate of drug-likeness (QED) is 0.655. The number of hydrogen-bond donors (Lipinski definition) is 1. The lowest BCUT2D eigenvalue weighted by atomic mass is 10.5. The molecule has 0 aromatic carbocycles. The molecule has 0 spiro atoms. The largest absolute Gasteiger partial charge is 0.336 e. The summed E-state index contributed by atoms with van der Waals surface area (Å²) in [5.74, 6) is -0.236. The smallest absolute Gasteiger partial charge is 0.324 e. The molecule has 1 aromatic rings. The normalized spacial score (nSPS) is 16.1. The molecule has 2 rings (SSSR count).